The Balaban J connectivity index is 2.86. The number of benzene rings is 1. The second-order valence-corrected chi connectivity index (χ2v) is 3.18. The SMILES string of the molecule is C#CCn1nc(C=O)c2c(C#N)cccc21. The van der Waals surface area contributed by atoms with Crippen molar-refractivity contribution in [3.63, 3.8) is 0 Å². The second kappa shape index (κ2) is 3.88. The standard InChI is InChI=1S/C12H7N3O/c1-2-6-15-11-5-3-4-9(7-13)12(11)10(8-16)14-15/h1,3-5,8H,6H2. The monoisotopic (exact) mass is 209 g/mol. The number of hydrogen-bond acceptors (Lipinski definition) is 3. The highest BCUT2D eigenvalue weighted by atomic mass is 16.1. The summed E-state index contributed by atoms with van der Waals surface area (Å²) in [7, 11) is 0. The number of nitrogens with zero attached hydrogens (tertiary/aromatic N) is 3. The number of rotatable bonds is 2. The molecule has 0 amide bonds. The molecule has 4 heteroatoms. The molecule has 0 aliphatic heterocycles. The van der Waals surface area contributed by atoms with Gasteiger partial charge in [0.25, 0.3) is 0 Å². The summed E-state index contributed by atoms with van der Waals surface area (Å²) in [4.78, 5) is 10.9. The molecule has 0 bridgehead atoms. The Bertz CT molecular complexity index is 641. The summed E-state index contributed by atoms with van der Waals surface area (Å²) in [5.41, 5.74) is 1.39. The number of nitriles is 1. The maximum Gasteiger partial charge on any atom is 0.170 e. The van der Waals surface area contributed by atoms with Gasteiger partial charge in [0, 0.05) is 5.39 Å². The normalized spacial score (nSPS) is 9.62. The minimum Gasteiger partial charge on any atom is -0.296 e. The van der Waals surface area contributed by atoms with Gasteiger partial charge in [-0.05, 0) is 12.1 Å². The molecule has 1 aromatic carbocycles. The Hall–Kier alpha value is -2.59. The first kappa shape index (κ1) is 9.95. The Morgan fingerprint density at radius 3 is 3.00 bits per heavy atom. The van der Waals surface area contributed by atoms with Gasteiger partial charge in [-0.2, -0.15) is 10.4 Å². The van der Waals surface area contributed by atoms with Gasteiger partial charge in [0.05, 0.1) is 17.1 Å². The smallest absolute Gasteiger partial charge is 0.170 e. The number of terminal acetylenes is 1. The van der Waals surface area contributed by atoms with E-state index in [1.165, 1.54) is 0 Å². The summed E-state index contributed by atoms with van der Waals surface area (Å²) in [5.74, 6) is 2.45. The number of carbonyl (C=O) groups is 1. The number of hydrogen-bond donors (Lipinski definition) is 0. The first-order valence-corrected chi connectivity index (χ1v) is 4.60. The Kier molecular flexibility index (Phi) is 2.41. The lowest BCUT2D eigenvalue weighted by Crippen LogP contribution is -1.97. The van der Waals surface area contributed by atoms with E-state index in [4.69, 9.17) is 11.7 Å². The van der Waals surface area contributed by atoms with Crippen molar-refractivity contribution in [1.82, 2.24) is 9.78 Å². The predicted octanol–water partition coefficient (Wildman–Crippen LogP) is 1.35. The van der Waals surface area contributed by atoms with Crippen LogP contribution in [0.15, 0.2) is 18.2 Å². The van der Waals surface area contributed by atoms with Crippen molar-refractivity contribution in [2.24, 2.45) is 0 Å². The van der Waals surface area contributed by atoms with E-state index in [1.807, 2.05) is 6.07 Å². The van der Waals surface area contributed by atoms with E-state index in [0.29, 0.717) is 22.8 Å². The summed E-state index contributed by atoms with van der Waals surface area (Å²) in [6.07, 6.45) is 5.84. The third-order valence-electron chi connectivity index (χ3n) is 2.28. The first-order valence-electron chi connectivity index (χ1n) is 4.60. The molecule has 4 nitrogen and oxygen atoms in total. The highest BCUT2D eigenvalue weighted by Gasteiger charge is 2.12. The van der Waals surface area contributed by atoms with Gasteiger partial charge in [-0.3, -0.25) is 9.48 Å². The van der Waals surface area contributed by atoms with Crippen molar-refractivity contribution in [3.8, 4) is 18.4 Å². The van der Waals surface area contributed by atoms with Gasteiger partial charge in [0.15, 0.2) is 6.29 Å². The molecule has 0 spiro atoms. The molecular formula is C12H7N3O. The van der Waals surface area contributed by atoms with Crippen LogP contribution in [0.1, 0.15) is 16.1 Å². The van der Waals surface area contributed by atoms with E-state index >= 15 is 0 Å². The molecule has 2 rings (SSSR count). The average Bonchev–Trinajstić information content (AvgIpc) is 2.68. The molecule has 0 radical (unpaired) electrons. The molecular weight excluding hydrogens is 202 g/mol. The van der Waals surface area contributed by atoms with Crippen LogP contribution in [0.25, 0.3) is 10.9 Å². The minimum absolute atomic E-state index is 0.252. The van der Waals surface area contributed by atoms with Crippen molar-refractivity contribution < 1.29 is 4.79 Å². The number of carbonyl (C=O) groups excluding carboxylic acids is 1. The van der Waals surface area contributed by atoms with Gasteiger partial charge in [-0.25, -0.2) is 0 Å². The largest absolute Gasteiger partial charge is 0.296 e. The maximum absolute atomic E-state index is 10.9. The van der Waals surface area contributed by atoms with Crippen LogP contribution in [0.2, 0.25) is 0 Å². The molecule has 1 aromatic heterocycles. The molecule has 0 aliphatic rings. The topological polar surface area (TPSA) is 58.7 Å². The third kappa shape index (κ3) is 1.34. The summed E-state index contributed by atoms with van der Waals surface area (Å²) in [5, 5.41) is 13.6. The molecule has 16 heavy (non-hydrogen) atoms. The third-order valence-corrected chi connectivity index (χ3v) is 2.28. The van der Waals surface area contributed by atoms with E-state index in [2.05, 4.69) is 11.0 Å². The molecule has 0 fully saturated rings. The highest BCUT2D eigenvalue weighted by molar-refractivity contribution is 5.98. The molecule has 76 valence electrons. The Morgan fingerprint density at radius 1 is 1.56 bits per heavy atom. The maximum atomic E-state index is 10.9. The summed E-state index contributed by atoms with van der Waals surface area (Å²) in [6, 6.07) is 7.21. The molecule has 2 aromatic rings. The van der Waals surface area contributed by atoms with Crippen LogP contribution < -0.4 is 0 Å². The highest BCUT2D eigenvalue weighted by Crippen LogP contribution is 2.21. The molecule has 0 saturated carbocycles. The van der Waals surface area contributed by atoms with Gasteiger partial charge in [0.2, 0.25) is 0 Å². The van der Waals surface area contributed by atoms with Crippen molar-refractivity contribution in [2.45, 2.75) is 6.54 Å². The van der Waals surface area contributed by atoms with Crippen LogP contribution in [-0.2, 0) is 6.54 Å². The molecule has 0 atom stereocenters. The van der Waals surface area contributed by atoms with Crippen molar-refractivity contribution >= 4 is 17.2 Å². The molecule has 0 saturated heterocycles. The summed E-state index contributed by atoms with van der Waals surface area (Å²) < 4.78 is 1.54. The Morgan fingerprint density at radius 2 is 2.38 bits per heavy atom. The van der Waals surface area contributed by atoms with Crippen molar-refractivity contribution in [1.29, 1.82) is 5.26 Å². The van der Waals surface area contributed by atoms with E-state index in [0.717, 1.165) is 0 Å². The minimum atomic E-state index is 0.252. The van der Waals surface area contributed by atoms with E-state index < -0.39 is 0 Å². The van der Waals surface area contributed by atoms with E-state index in [9.17, 15) is 4.79 Å². The Labute approximate surface area is 92.1 Å². The van der Waals surface area contributed by atoms with Crippen molar-refractivity contribution in [2.75, 3.05) is 0 Å². The number of aromatic nitrogens is 2. The lowest BCUT2D eigenvalue weighted by atomic mass is 10.1. The second-order valence-electron chi connectivity index (χ2n) is 3.18. The number of fused-ring (bicyclic) bond motifs is 1. The zero-order valence-electron chi connectivity index (χ0n) is 8.34. The zero-order valence-corrected chi connectivity index (χ0v) is 8.34. The van der Waals surface area contributed by atoms with E-state index in [-0.39, 0.29) is 12.2 Å². The lowest BCUT2D eigenvalue weighted by Gasteiger charge is -1.97. The van der Waals surface area contributed by atoms with Gasteiger partial charge in [-0.15, -0.1) is 6.42 Å². The average molecular weight is 209 g/mol. The van der Waals surface area contributed by atoms with Crippen molar-refractivity contribution in [3.05, 3.63) is 29.5 Å². The molecule has 0 N–H and O–H groups in total. The van der Waals surface area contributed by atoms with Crippen LogP contribution in [0, 0.1) is 23.7 Å². The quantitative estimate of drug-likeness (QED) is 0.554. The fourth-order valence-electron chi connectivity index (χ4n) is 1.64. The van der Waals surface area contributed by atoms with Gasteiger partial charge in [0.1, 0.15) is 12.2 Å². The van der Waals surface area contributed by atoms with Crippen LogP contribution in [0.5, 0.6) is 0 Å². The molecule has 0 unspecified atom stereocenters. The molecule has 1 heterocycles. The van der Waals surface area contributed by atoms with Gasteiger partial charge < -0.3 is 0 Å². The van der Waals surface area contributed by atoms with Gasteiger partial charge >= 0.3 is 0 Å². The molecule has 0 aliphatic carbocycles. The predicted molar refractivity (Wildman–Crippen MR) is 58.7 cm³/mol. The van der Waals surface area contributed by atoms with Crippen LogP contribution in [0.4, 0.5) is 0 Å². The fraction of sp³-hybridized carbons (Fsp3) is 0.0833. The summed E-state index contributed by atoms with van der Waals surface area (Å²) in [6.45, 7) is 0.277. The lowest BCUT2D eigenvalue weighted by molar-refractivity contribution is 0.111. The summed E-state index contributed by atoms with van der Waals surface area (Å²) >= 11 is 0. The zero-order chi connectivity index (χ0) is 11.5. The van der Waals surface area contributed by atoms with Crippen LogP contribution in [-0.4, -0.2) is 16.1 Å². The van der Waals surface area contributed by atoms with E-state index in [1.54, 1.807) is 22.9 Å². The first-order chi connectivity index (χ1) is 7.81. The fourth-order valence-corrected chi connectivity index (χ4v) is 1.64. The van der Waals surface area contributed by atoms with Gasteiger partial charge in [-0.1, -0.05) is 12.0 Å². The van der Waals surface area contributed by atoms with Crippen LogP contribution >= 0.6 is 0 Å². The van der Waals surface area contributed by atoms with Crippen LogP contribution in [0.3, 0.4) is 0 Å². The number of aldehydes is 1.